The molecule has 4 aromatic rings. The number of nitro benzene ring substituents is 1. The van der Waals surface area contributed by atoms with Crippen LogP contribution in [0.2, 0.25) is 0 Å². The predicted molar refractivity (Wildman–Crippen MR) is 131 cm³/mol. The average Bonchev–Trinajstić information content (AvgIpc) is 2.88. The van der Waals surface area contributed by atoms with Crippen molar-refractivity contribution >= 4 is 22.5 Å². The first-order valence-electron chi connectivity index (χ1n) is 11.1. The van der Waals surface area contributed by atoms with Gasteiger partial charge in [-0.2, -0.15) is 0 Å². The van der Waals surface area contributed by atoms with Crippen LogP contribution in [0.1, 0.15) is 18.1 Å². The number of hydrogen-bond acceptors (Lipinski definition) is 6. The largest absolute Gasteiger partial charge is 0.489 e. The number of hydrogen-bond donors (Lipinski definition) is 0. The van der Waals surface area contributed by atoms with Gasteiger partial charge in [0.1, 0.15) is 18.9 Å². The highest BCUT2D eigenvalue weighted by Crippen LogP contribution is 2.17. The van der Waals surface area contributed by atoms with Crippen LogP contribution in [0, 0.1) is 10.1 Å². The normalized spacial score (nSPS) is 10.8. The van der Waals surface area contributed by atoms with Crippen LogP contribution < -0.4 is 10.3 Å². The Morgan fingerprint density at radius 3 is 2.49 bits per heavy atom. The summed E-state index contributed by atoms with van der Waals surface area (Å²) in [7, 11) is 0. The van der Waals surface area contributed by atoms with Crippen molar-refractivity contribution in [2.45, 2.75) is 26.6 Å². The van der Waals surface area contributed by atoms with Crippen LogP contribution in [0.15, 0.2) is 83.9 Å². The number of amides is 1. The molecule has 0 aliphatic carbocycles. The van der Waals surface area contributed by atoms with Crippen LogP contribution in [-0.4, -0.2) is 31.8 Å². The fraction of sp³-hybridized carbons (Fsp3) is 0.192. The molecule has 35 heavy (non-hydrogen) atoms. The molecule has 0 aliphatic heterocycles. The summed E-state index contributed by atoms with van der Waals surface area (Å²) in [6.45, 7) is 2.94. The molecule has 1 heterocycles. The van der Waals surface area contributed by atoms with Crippen LogP contribution in [0.3, 0.4) is 0 Å². The van der Waals surface area contributed by atoms with Gasteiger partial charge in [0.25, 0.3) is 11.2 Å². The molecule has 1 amide bonds. The lowest BCUT2D eigenvalue weighted by molar-refractivity contribution is -0.384. The van der Waals surface area contributed by atoms with Crippen molar-refractivity contribution in [2.24, 2.45) is 0 Å². The number of rotatable bonds is 9. The summed E-state index contributed by atoms with van der Waals surface area (Å²) in [5.41, 5.74) is 1.64. The molecule has 9 nitrogen and oxygen atoms in total. The Morgan fingerprint density at radius 1 is 1.06 bits per heavy atom. The first-order valence-corrected chi connectivity index (χ1v) is 11.1. The van der Waals surface area contributed by atoms with Gasteiger partial charge in [-0.25, -0.2) is 4.98 Å². The van der Waals surface area contributed by atoms with Gasteiger partial charge in [-0.05, 0) is 36.2 Å². The van der Waals surface area contributed by atoms with E-state index in [1.165, 1.54) is 29.1 Å². The number of aromatic nitrogens is 2. The van der Waals surface area contributed by atoms with E-state index in [0.717, 1.165) is 16.9 Å². The quantitative estimate of drug-likeness (QED) is 0.270. The maximum Gasteiger partial charge on any atom is 0.270 e. The standard InChI is InChI=1S/C26H24N4O5/c1-2-28(15-19-8-11-22(12-9-19)35-17-20-6-4-3-5-7-20)25(31)16-29-18-27-24-13-10-21(30(33)34)14-23(24)26(29)32/h3-14,18H,2,15-17H2,1H3. The Balaban J connectivity index is 1.42. The molecule has 178 valence electrons. The minimum Gasteiger partial charge on any atom is -0.489 e. The zero-order valence-corrected chi connectivity index (χ0v) is 19.2. The number of non-ortho nitro benzene ring substituents is 1. The second-order valence-electron chi connectivity index (χ2n) is 7.96. The van der Waals surface area contributed by atoms with E-state index in [1.807, 2.05) is 61.5 Å². The molecule has 0 atom stereocenters. The number of ether oxygens (including phenoxy) is 1. The number of benzene rings is 3. The predicted octanol–water partition coefficient (Wildman–Crippen LogP) is 3.93. The lowest BCUT2D eigenvalue weighted by Crippen LogP contribution is -2.36. The summed E-state index contributed by atoms with van der Waals surface area (Å²) in [4.78, 5) is 42.0. The molecule has 0 fully saturated rings. The summed E-state index contributed by atoms with van der Waals surface area (Å²) >= 11 is 0. The minimum atomic E-state index is -0.571. The van der Waals surface area contributed by atoms with Gasteiger partial charge in [-0.1, -0.05) is 42.5 Å². The van der Waals surface area contributed by atoms with Crippen molar-refractivity contribution in [1.29, 1.82) is 0 Å². The third kappa shape index (κ3) is 5.70. The molecule has 3 aromatic carbocycles. The van der Waals surface area contributed by atoms with Crippen molar-refractivity contribution < 1.29 is 14.5 Å². The molecule has 0 unspecified atom stereocenters. The Morgan fingerprint density at radius 2 is 1.80 bits per heavy atom. The molecule has 0 aliphatic rings. The second kappa shape index (κ2) is 10.6. The topological polar surface area (TPSA) is 108 Å². The number of fused-ring (bicyclic) bond motifs is 1. The third-order valence-corrected chi connectivity index (χ3v) is 5.60. The first kappa shape index (κ1) is 23.6. The van der Waals surface area contributed by atoms with Gasteiger partial charge >= 0.3 is 0 Å². The van der Waals surface area contributed by atoms with E-state index >= 15 is 0 Å². The minimum absolute atomic E-state index is 0.101. The summed E-state index contributed by atoms with van der Waals surface area (Å²) in [6, 6.07) is 21.3. The fourth-order valence-electron chi connectivity index (χ4n) is 3.65. The van der Waals surface area contributed by atoms with E-state index < -0.39 is 10.5 Å². The Labute approximate surface area is 201 Å². The number of carbonyl (C=O) groups excluding carboxylic acids is 1. The van der Waals surface area contributed by atoms with Gasteiger partial charge in [-0.3, -0.25) is 24.3 Å². The first-order chi connectivity index (χ1) is 16.9. The van der Waals surface area contributed by atoms with E-state index in [9.17, 15) is 19.7 Å². The molecule has 0 N–H and O–H groups in total. The van der Waals surface area contributed by atoms with Crippen molar-refractivity contribution in [3.63, 3.8) is 0 Å². The lowest BCUT2D eigenvalue weighted by Gasteiger charge is -2.21. The van der Waals surface area contributed by atoms with Crippen LogP contribution >= 0.6 is 0 Å². The van der Waals surface area contributed by atoms with Gasteiger partial charge in [0.05, 0.1) is 22.2 Å². The van der Waals surface area contributed by atoms with Crippen LogP contribution in [0.4, 0.5) is 5.69 Å². The molecule has 1 aromatic heterocycles. The lowest BCUT2D eigenvalue weighted by atomic mass is 10.2. The molecule has 9 heteroatoms. The van der Waals surface area contributed by atoms with Crippen molar-refractivity contribution in [2.75, 3.05) is 6.54 Å². The Hall–Kier alpha value is -4.53. The summed E-state index contributed by atoms with van der Waals surface area (Å²) in [5.74, 6) is 0.473. The average molecular weight is 473 g/mol. The molecular formula is C26H24N4O5. The van der Waals surface area contributed by atoms with Gasteiger partial charge in [-0.15, -0.1) is 0 Å². The van der Waals surface area contributed by atoms with Crippen LogP contribution in [-0.2, 0) is 24.5 Å². The van der Waals surface area contributed by atoms with Gasteiger partial charge in [0, 0.05) is 25.2 Å². The van der Waals surface area contributed by atoms with Crippen molar-refractivity contribution in [3.8, 4) is 5.75 Å². The molecular weight excluding hydrogens is 448 g/mol. The molecule has 0 bridgehead atoms. The maximum absolute atomic E-state index is 12.9. The maximum atomic E-state index is 12.9. The SMILES string of the molecule is CCN(Cc1ccc(OCc2ccccc2)cc1)C(=O)Cn1cnc2ccc([N+](=O)[O-])cc2c1=O. The summed E-state index contributed by atoms with van der Waals surface area (Å²) in [6.07, 6.45) is 1.29. The molecule has 0 saturated heterocycles. The number of nitro groups is 1. The smallest absolute Gasteiger partial charge is 0.270 e. The number of nitrogens with zero attached hydrogens (tertiary/aromatic N) is 4. The zero-order valence-electron chi connectivity index (χ0n) is 19.2. The van der Waals surface area contributed by atoms with E-state index in [2.05, 4.69) is 4.98 Å². The van der Waals surface area contributed by atoms with Crippen molar-refractivity contribution in [3.05, 3.63) is 111 Å². The van der Waals surface area contributed by atoms with E-state index in [-0.39, 0.29) is 23.5 Å². The van der Waals surface area contributed by atoms with E-state index in [4.69, 9.17) is 4.74 Å². The molecule has 0 saturated carbocycles. The Bertz CT molecular complexity index is 1400. The summed E-state index contributed by atoms with van der Waals surface area (Å²) in [5, 5.41) is 11.2. The van der Waals surface area contributed by atoms with Crippen molar-refractivity contribution in [1.82, 2.24) is 14.5 Å². The Kier molecular flexibility index (Phi) is 7.15. The van der Waals surface area contributed by atoms with Gasteiger partial charge in [0.15, 0.2) is 0 Å². The van der Waals surface area contributed by atoms with Gasteiger partial charge < -0.3 is 9.64 Å². The molecule has 0 spiro atoms. The van der Waals surface area contributed by atoms with E-state index in [1.54, 1.807) is 4.90 Å². The monoisotopic (exact) mass is 472 g/mol. The zero-order chi connectivity index (χ0) is 24.8. The van der Waals surface area contributed by atoms with Gasteiger partial charge in [0.2, 0.25) is 5.91 Å². The van der Waals surface area contributed by atoms with Crippen LogP contribution in [0.5, 0.6) is 5.75 Å². The fourth-order valence-corrected chi connectivity index (χ4v) is 3.65. The van der Waals surface area contributed by atoms with Crippen LogP contribution in [0.25, 0.3) is 10.9 Å². The molecule has 4 rings (SSSR count). The third-order valence-electron chi connectivity index (χ3n) is 5.60. The molecule has 0 radical (unpaired) electrons. The highest BCUT2D eigenvalue weighted by Gasteiger charge is 2.16. The van der Waals surface area contributed by atoms with E-state index in [0.29, 0.717) is 25.2 Å². The highest BCUT2D eigenvalue weighted by molar-refractivity contribution is 5.81. The summed E-state index contributed by atoms with van der Waals surface area (Å²) < 4.78 is 6.99. The number of likely N-dealkylation sites (N-methyl/N-ethyl adjacent to an activating group) is 1. The highest BCUT2D eigenvalue weighted by atomic mass is 16.6. The number of carbonyl (C=O) groups is 1. The second-order valence-corrected chi connectivity index (χ2v) is 7.96.